The van der Waals surface area contributed by atoms with E-state index in [4.69, 9.17) is 0 Å². The quantitative estimate of drug-likeness (QED) is 0.465. The standard InChI is InChI=1S/C13H20NOS/c1-3-14(15,4-2)11-8-12-16-13-9-6-5-7-10-13/h5-11,15H,3-4,12H2,1-2H3/q+1/b11-8+. The van der Waals surface area contributed by atoms with Crippen molar-refractivity contribution in [1.82, 2.24) is 0 Å². The molecule has 0 bridgehead atoms. The van der Waals surface area contributed by atoms with Gasteiger partial charge in [-0.25, -0.2) is 5.21 Å². The molecule has 0 aromatic heterocycles. The number of nitrogens with zero attached hydrogens (tertiary/aromatic N) is 1. The summed E-state index contributed by atoms with van der Waals surface area (Å²) in [6.07, 6.45) is 3.90. The van der Waals surface area contributed by atoms with E-state index in [1.807, 2.05) is 44.3 Å². The molecule has 1 aromatic rings. The van der Waals surface area contributed by atoms with Gasteiger partial charge in [0.05, 0.1) is 0 Å². The van der Waals surface area contributed by atoms with Crippen molar-refractivity contribution in [3.63, 3.8) is 0 Å². The fraction of sp³-hybridized carbons (Fsp3) is 0.385. The molecule has 0 aliphatic heterocycles. The summed E-state index contributed by atoms with van der Waals surface area (Å²) in [5.41, 5.74) is 0. The van der Waals surface area contributed by atoms with Gasteiger partial charge in [0.25, 0.3) is 0 Å². The summed E-state index contributed by atoms with van der Waals surface area (Å²) >= 11 is 1.77. The van der Waals surface area contributed by atoms with Gasteiger partial charge in [-0.05, 0) is 32.1 Å². The topological polar surface area (TPSA) is 20.2 Å². The lowest BCUT2D eigenvalue weighted by molar-refractivity contribution is -1.06. The Morgan fingerprint density at radius 3 is 2.38 bits per heavy atom. The van der Waals surface area contributed by atoms with Crippen molar-refractivity contribution in [2.75, 3.05) is 18.8 Å². The van der Waals surface area contributed by atoms with Crippen molar-refractivity contribution < 1.29 is 9.85 Å². The van der Waals surface area contributed by atoms with Gasteiger partial charge in [0.1, 0.15) is 19.3 Å². The molecule has 0 heterocycles. The number of hydroxylamine groups is 3. The number of hydrogen-bond donors (Lipinski definition) is 1. The minimum Gasteiger partial charge on any atom is -0.212 e. The highest BCUT2D eigenvalue weighted by atomic mass is 32.2. The largest absolute Gasteiger partial charge is 0.212 e. The molecule has 0 fully saturated rings. The Labute approximate surface area is 102 Å². The van der Waals surface area contributed by atoms with Crippen LogP contribution in [0.2, 0.25) is 0 Å². The van der Waals surface area contributed by atoms with E-state index in [-0.39, 0.29) is 4.65 Å². The minimum atomic E-state index is 0.0232. The second-order valence-electron chi connectivity index (χ2n) is 3.63. The van der Waals surface area contributed by atoms with Crippen molar-refractivity contribution in [2.45, 2.75) is 18.7 Å². The maximum Gasteiger partial charge on any atom is 0.125 e. The van der Waals surface area contributed by atoms with E-state index >= 15 is 0 Å². The van der Waals surface area contributed by atoms with E-state index < -0.39 is 0 Å². The average molecular weight is 238 g/mol. The maximum absolute atomic E-state index is 9.97. The lowest BCUT2D eigenvalue weighted by Gasteiger charge is -2.22. The lowest BCUT2D eigenvalue weighted by Crippen LogP contribution is -2.38. The summed E-state index contributed by atoms with van der Waals surface area (Å²) < 4.78 is 0.0232. The molecule has 1 rings (SSSR count). The summed E-state index contributed by atoms with van der Waals surface area (Å²) in [6.45, 7) is 5.39. The Morgan fingerprint density at radius 2 is 1.81 bits per heavy atom. The lowest BCUT2D eigenvalue weighted by atomic mass is 10.4. The van der Waals surface area contributed by atoms with Crippen molar-refractivity contribution in [1.29, 1.82) is 0 Å². The Balaban J connectivity index is 2.38. The first-order valence-electron chi connectivity index (χ1n) is 5.65. The Hall–Kier alpha value is -0.770. The fourth-order valence-corrected chi connectivity index (χ4v) is 2.06. The van der Waals surface area contributed by atoms with Gasteiger partial charge in [0.2, 0.25) is 0 Å². The fourth-order valence-electron chi connectivity index (χ4n) is 1.33. The summed E-state index contributed by atoms with van der Waals surface area (Å²) in [5.74, 6) is 0.893. The van der Waals surface area contributed by atoms with Gasteiger partial charge in [-0.3, -0.25) is 0 Å². The molecule has 1 aromatic carbocycles. The van der Waals surface area contributed by atoms with Crippen molar-refractivity contribution >= 4 is 11.8 Å². The molecule has 88 valence electrons. The summed E-state index contributed by atoms with van der Waals surface area (Å²) in [5, 5.41) is 9.97. The van der Waals surface area contributed by atoms with Crippen LogP contribution >= 0.6 is 11.8 Å². The van der Waals surface area contributed by atoms with Gasteiger partial charge in [-0.1, -0.05) is 18.2 Å². The maximum atomic E-state index is 9.97. The van der Waals surface area contributed by atoms with E-state index in [0.29, 0.717) is 13.1 Å². The molecule has 0 aliphatic rings. The van der Waals surface area contributed by atoms with Crippen LogP contribution in [0.5, 0.6) is 0 Å². The van der Waals surface area contributed by atoms with Crippen LogP contribution < -0.4 is 0 Å². The molecule has 16 heavy (non-hydrogen) atoms. The highest BCUT2D eigenvalue weighted by Gasteiger charge is 2.15. The highest BCUT2D eigenvalue weighted by Crippen LogP contribution is 2.17. The van der Waals surface area contributed by atoms with E-state index in [2.05, 4.69) is 12.1 Å². The normalized spacial score (nSPS) is 12.2. The molecule has 0 saturated heterocycles. The molecule has 1 N–H and O–H groups in total. The molecule has 0 atom stereocenters. The van der Waals surface area contributed by atoms with Gasteiger partial charge < -0.3 is 0 Å². The van der Waals surface area contributed by atoms with Crippen LogP contribution in [0, 0.1) is 0 Å². The second kappa shape index (κ2) is 6.74. The van der Waals surface area contributed by atoms with Gasteiger partial charge in [-0.15, -0.1) is 11.8 Å². The molecule has 0 aliphatic carbocycles. The summed E-state index contributed by atoms with van der Waals surface area (Å²) in [7, 11) is 0. The zero-order chi connectivity index (χ0) is 11.9. The van der Waals surface area contributed by atoms with Crippen LogP contribution in [0.3, 0.4) is 0 Å². The summed E-state index contributed by atoms with van der Waals surface area (Å²) in [4.78, 5) is 1.26. The predicted molar refractivity (Wildman–Crippen MR) is 69.4 cm³/mol. The van der Waals surface area contributed by atoms with Gasteiger partial charge in [0, 0.05) is 10.6 Å². The minimum absolute atomic E-state index is 0.0232. The molecule has 2 nitrogen and oxygen atoms in total. The van der Waals surface area contributed by atoms with Gasteiger partial charge in [-0.2, -0.15) is 4.65 Å². The summed E-state index contributed by atoms with van der Waals surface area (Å²) in [6, 6.07) is 10.3. The number of hydrogen-bond acceptors (Lipinski definition) is 2. The number of benzene rings is 1. The SMILES string of the molecule is CC[N+](O)(/C=C/CSc1ccccc1)CC. The van der Waals surface area contributed by atoms with E-state index in [9.17, 15) is 5.21 Å². The van der Waals surface area contributed by atoms with Crippen LogP contribution in [-0.2, 0) is 0 Å². The van der Waals surface area contributed by atoms with E-state index in [1.165, 1.54) is 4.90 Å². The van der Waals surface area contributed by atoms with Crippen molar-refractivity contribution in [2.24, 2.45) is 0 Å². The molecule has 0 spiro atoms. The Kier molecular flexibility index (Phi) is 5.60. The van der Waals surface area contributed by atoms with Gasteiger partial charge >= 0.3 is 0 Å². The molecule has 0 amide bonds. The molecular weight excluding hydrogens is 218 g/mol. The highest BCUT2D eigenvalue weighted by molar-refractivity contribution is 7.99. The average Bonchev–Trinajstić information content (AvgIpc) is 2.36. The van der Waals surface area contributed by atoms with Crippen LogP contribution in [0.25, 0.3) is 0 Å². The third-order valence-corrected chi connectivity index (χ3v) is 3.53. The smallest absolute Gasteiger partial charge is 0.125 e. The predicted octanol–water partition coefficient (Wildman–Crippen LogP) is 3.54. The van der Waals surface area contributed by atoms with Crippen LogP contribution in [0.1, 0.15) is 13.8 Å². The first kappa shape index (κ1) is 13.3. The molecule has 0 radical (unpaired) electrons. The third-order valence-electron chi connectivity index (χ3n) is 2.57. The third kappa shape index (κ3) is 4.39. The van der Waals surface area contributed by atoms with Crippen LogP contribution in [0.15, 0.2) is 47.5 Å². The van der Waals surface area contributed by atoms with Crippen molar-refractivity contribution in [3.05, 3.63) is 42.6 Å². The first-order valence-corrected chi connectivity index (χ1v) is 6.64. The number of quaternary nitrogens is 1. The zero-order valence-electron chi connectivity index (χ0n) is 9.97. The molecule has 3 heteroatoms. The Bertz CT molecular complexity index is 320. The van der Waals surface area contributed by atoms with Gasteiger partial charge in [0.15, 0.2) is 0 Å². The molecule has 0 saturated carbocycles. The molecular formula is C13H20NOS+. The monoisotopic (exact) mass is 238 g/mol. The van der Waals surface area contributed by atoms with E-state index in [0.717, 1.165) is 5.75 Å². The Morgan fingerprint density at radius 1 is 1.19 bits per heavy atom. The van der Waals surface area contributed by atoms with Crippen LogP contribution in [-0.4, -0.2) is 28.7 Å². The van der Waals surface area contributed by atoms with E-state index in [1.54, 1.807) is 11.8 Å². The number of thioether (sulfide) groups is 1. The first-order chi connectivity index (χ1) is 7.70. The number of rotatable bonds is 6. The second-order valence-corrected chi connectivity index (χ2v) is 4.72. The molecule has 0 unspecified atom stereocenters. The van der Waals surface area contributed by atoms with Crippen LogP contribution in [0.4, 0.5) is 0 Å². The van der Waals surface area contributed by atoms with Crippen molar-refractivity contribution in [3.8, 4) is 0 Å². The zero-order valence-corrected chi connectivity index (χ0v) is 10.8.